The van der Waals surface area contributed by atoms with Crippen molar-refractivity contribution in [3.05, 3.63) is 35.4 Å². The van der Waals surface area contributed by atoms with Gasteiger partial charge in [-0.15, -0.1) is 0 Å². The van der Waals surface area contributed by atoms with Crippen LogP contribution in [0.1, 0.15) is 34.6 Å². The number of nitrogens with zero attached hydrogens (tertiary/aromatic N) is 2. The fraction of sp³-hybridized carbons (Fsp3) is 0.467. The van der Waals surface area contributed by atoms with E-state index < -0.39 is 5.97 Å². The monoisotopic (exact) mass is 278 g/mol. The molecule has 0 aliphatic carbocycles. The van der Waals surface area contributed by atoms with Crippen LogP contribution in [-0.2, 0) is 0 Å². The lowest BCUT2D eigenvalue weighted by molar-refractivity contribution is 0.0671. The molecule has 110 valence electrons. The van der Waals surface area contributed by atoms with E-state index in [9.17, 15) is 9.59 Å². The highest BCUT2D eigenvalue weighted by atomic mass is 16.4. The van der Waals surface area contributed by atoms with Crippen LogP contribution < -0.4 is 0 Å². The van der Waals surface area contributed by atoms with Crippen molar-refractivity contribution in [2.45, 2.75) is 19.9 Å². The Kier molecular flexibility index (Phi) is 5.70. The van der Waals surface area contributed by atoms with Crippen molar-refractivity contribution in [1.29, 1.82) is 0 Å². The molecule has 0 saturated carbocycles. The Morgan fingerprint density at radius 2 is 1.65 bits per heavy atom. The first-order chi connectivity index (χ1) is 9.36. The number of carbonyl (C=O) groups excluding carboxylic acids is 1. The van der Waals surface area contributed by atoms with Crippen LogP contribution >= 0.6 is 0 Å². The van der Waals surface area contributed by atoms with Crippen molar-refractivity contribution in [1.82, 2.24) is 9.80 Å². The van der Waals surface area contributed by atoms with Gasteiger partial charge in [0.2, 0.25) is 0 Å². The summed E-state index contributed by atoms with van der Waals surface area (Å²) in [6, 6.07) is 6.15. The Hall–Kier alpha value is -1.88. The van der Waals surface area contributed by atoms with Gasteiger partial charge in [-0.25, -0.2) is 4.79 Å². The van der Waals surface area contributed by atoms with Crippen molar-refractivity contribution >= 4 is 11.9 Å². The summed E-state index contributed by atoms with van der Waals surface area (Å²) in [5.41, 5.74) is 0.702. The second kappa shape index (κ2) is 7.05. The summed E-state index contributed by atoms with van der Waals surface area (Å²) in [4.78, 5) is 27.1. The molecule has 1 aromatic rings. The molecule has 1 N–H and O–H groups in total. The van der Waals surface area contributed by atoms with Crippen molar-refractivity contribution in [3.63, 3.8) is 0 Å². The zero-order valence-corrected chi connectivity index (χ0v) is 12.5. The van der Waals surface area contributed by atoms with Gasteiger partial charge < -0.3 is 14.9 Å². The second-order valence-corrected chi connectivity index (χ2v) is 5.08. The molecule has 0 saturated heterocycles. The average molecular weight is 278 g/mol. The minimum Gasteiger partial charge on any atom is -0.478 e. The van der Waals surface area contributed by atoms with Gasteiger partial charge in [-0.3, -0.25) is 4.79 Å². The van der Waals surface area contributed by atoms with E-state index in [0.717, 1.165) is 6.54 Å². The van der Waals surface area contributed by atoms with Crippen molar-refractivity contribution in [2.24, 2.45) is 0 Å². The normalized spacial score (nSPS) is 12.2. The SMILES string of the molecule is CCN(C(=O)c1ccc(C(=O)O)cc1)C(C)CN(C)C. The van der Waals surface area contributed by atoms with Gasteiger partial charge in [0.25, 0.3) is 5.91 Å². The van der Waals surface area contributed by atoms with Gasteiger partial charge in [0.05, 0.1) is 5.56 Å². The number of benzene rings is 1. The van der Waals surface area contributed by atoms with E-state index >= 15 is 0 Å². The van der Waals surface area contributed by atoms with Gasteiger partial charge in [-0.05, 0) is 52.2 Å². The Morgan fingerprint density at radius 1 is 1.15 bits per heavy atom. The highest BCUT2D eigenvalue weighted by Gasteiger charge is 2.20. The number of amides is 1. The molecule has 0 aromatic heterocycles. The largest absolute Gasteiger partial charge is 0.478 e. The number of aromatic carboxylic acids is 1. The van der Waals surface area contributed by atoms with Gasteiger partial charge in [0.1, 0.15) is 0 Å². The Morgan fingerprint density at radius 3 is 2.05 bits per heavy atom. The van der Waals surface area contributed by atoms with E-state index in [1.807, 2.05) is 32.8 Å². The van der Waals surface area contributed by atoms with Gasteiger partial charge in [-0.1, -0.05) is 0 Å². The highest BCUT2D eigenvalue weighted by molar-refractivity contribution is 5.96. The predicted molar refractivity (Wildman–Crippen MR) is 78.1 cm³/mol. The summed E-state index contributed by atoms with van der Waals surface area (Å²) in [6.45, 7) is 5.35. The fourth-order valence-corrected chi connectivity index (χ4v) is 2.20. The molecule has 0 aliphatic rings. The maximum Gasteiger partial charge on any atom is 0.335 e. The third-order valence-corrected chi connectivity index (χ3v) is 3.14. The number of carboxylic acids is 1. The smallest absolute Gasteiger partial charge is 0.335 e. The van der Waals surface area contributed by atoms with Crippen LogP contribution in [-0.4, -0.2) is 60.0 Å². The lowest BCUT2D eigenvalue weighted by Gasteiger charge is -2.30. The summed E-state index contributed by atoms with van der Waals surface area (Å²) in [7, 11) is 3.94. The Labute approximate surface area is 119 Å². The number of carboxylic acid groups (broad SMARTS) is 1. The Bertz CT molecular complexity index is 469. The zero-order valence-electron chi connectivity index (χ0n) is 12.5. The van der Waals surface area contributed by atoms with Gasteiger partial charge in [-0.2, -0.15) is 0 Å². The molecular formula is C15H22N2O3. The maximum absolute atomic E-state index is 12.4. The van der Waals surface area contributed by atoms with Crippen molar-refractivity contribution < 1.29 is 14.7 Å². The van der Waals surface area contributed by atoms with E-state index in [1.54, 1.807) is 17.0 Å². The van der Waals surface area contributed by atoms with Crippen LogP contribution in [0.15, 0.2) is 24.3 Å². The molecule has 0 aliphatic heterocycles. The number of hydrogen-bond acceptors (Lipinski definition) is 3. The summed E-state index contributed by atoms with van der Waals surface area (Å²) in [5, 5.41) is 8.86. The number of likely N-dealkylation sites (N-methyl/N-ethyl adjacent to an activating group) is 2. The third-order valence-electron chi connectivity index (χ3n) is 3.14. The fourth-order valence-electron chi connectivity index (χ4n) is 2.20. The topological polar surface area (TPSA) is 60.9 Å². The first-order valence-electron chi connectivity index (χ1n) is 6.65. The van der Waals surface area contributed by atoms with E-state index in [0.29, 0.717) is 12.1 Å². The molecule has 1 amide bonds. The van der Waals surface area contributed by atoms with Gasteiger partial charge in [0, 0.05) is 24.7 Å². The molecule has 1 rings (SSSR count). The molecule has 0 radical (unpaired) electrons. The van der Waals surface area contributed by atoms with E-state index in [2.05, 4.69) is 0 Å². The molecule has 1 atom stereocenters. The van der Waals surface area contributed by atoms with Crippen LogP contribution in [0.25, 0.3) is 0 Å². The average Bonchev–Trinajstić information content (AvgIpc) is 2.38. The quantitative estimate of drug-likeness (QED) is 0.862. The molecule has 0 spiro atoms. The number of rotatable bonds is 6. The minimum absolute atomic E-state index is 0.0706. The molecule has 1 aromatic carbocycles. The standard InChI is InChI=1S/C15H22N2O3/c1-5-17(11(2)10-16(3)4)14(18)12-6-8-13(9-7-12)15(19)20/h6-9,11H,5,10H2,1-4H3,(H,19,20). The summed E-state index contributed by atoms with van der Waals surface area (Å²) < 4.78 is 0. The van der Waals surface area contributed by atoms with E-state index in [1.165, 1.54) is 12.1 Å². The highest BCUT2D eigenvalue weighted by Crippen LogP contribution is 2.11. The zero-order chi connectivity index (χ0) is 15.3. The summed E-state index contributed by atoms with van der Waals surface area (Å²) in [6.07, 6.45) is 0. The maximum atomic E-state index is 12.4. The molecule has 5 nitrogen and oxygen atoms in total. The first kappa shape index (κ1) is 16.2. The predicted octanol–water partition coefficient (Wildman–Crippen LogP) is 1.80. The van der Waals surface area contributed by atoms with Crippen molar-refractivity contribution in [3.8, 4) is 0 Å². The number of hydrogen-bond donors (Lipinski definition) is 1. The summed E-state index contributed by atoms with van der Waals surface area (Å²) >= 11 is 0. The first-order valence-corrected chi connectivity index (χ1v) is 6.65. The number of carbonyl (C=O) groups is 2. The van der Waals surface area contributed by atoms with E-state index in [4.69, 9.17) is 5.11 Å². The van der Waals surface area contributed by atoms with Crippen LogP contribution in [0.2, 0.25) is 0 Å². The molecule has 0 bridgehead atoms. The summed E-state index contributed by atoms with van der Waals surface area (Å²) in [5.74, 6) is -1.06. The lowest BCUT2D eigenvalue weighted by atomic mass is 10.1. The molecule has 0 heterocycles. The molecule has 20 heavy (non-hydrogen) atoms. The lowest BCUT2D eigenvalue weighted by Crippen LogP contribution is -2.43. The van der Waals surface area contributed by atoms with Crippen LogP contribution in [0.5, 0.6) is 0 Å². The molecule has 5 heteroatoms. The second-order valence-electron chi connectivity index (χ2n) is 5.08. The van der Waals surface area contributed by atoms with E-state index in [-0.39, 0.29) is 17.5 Å². The Balaban J connectivity index is 2.88. The van der Waals surface area contributed by atoms with Gasteiger partial charge in [0.15, 0.2) is 0 Å². The molecular weight excluding hydrogens is 256 g/mol. The van der Waals surface area contributed by atoms with Crippen molar-refractivity contribution in [2.75, 3.05) is 27.2 Å². The van der Waals surface area contributed by atoms with Gasteiger partial charge >= 0.3 is 5.97 Å². The van der Waals surface area contributed by atoms with Crippen LogP contribution in [0.4, 0.5) is 0 Å². The van der Waals surface area contributed by atoms with Crippen LogP contribution in [0, 0.1) is 0 Å². The molecule has 0 fully saturated rings. The minimum atomic E-state index is -0.989. The third kappa shape index (κ3) is 4.06. The molecule has 1 unspecified atom stereocenters. The van der Waals surface area contributed by atoms with Crippen LogP contribution in [0.3, 0.4) is 0 Å².